The second kappa shape index (κ2) is 7.49. The van der Waals surface area contributed by atoms with Crippen molar-refractivity contribution < 1.29 is 14.9 Å². The highest BCUT2D eigenvalue weighted by Crippen LogP contribution is 2.33. The zero-order valence-electron chi connectivity index (χ0n) is 13.1. The zero-order valence-corrected chi connectivity index (χ0v) is 13.9. The van der Waals surface area contributed by atoms with Crippen molar-refractivity contribution in [2.75, 3.05) is 13.1 Å². The van der Waals surface area contributed by atoms with Crippen LogP contribution in [0.4, 0.5) is 0 Å². The fourth-order valence-electron chi connectivity index (χ4n) is 3.46. The van der Waals surface area contributed by atoms with Gasteiger partial charge in [0, 0.05) is 19.1 Å². The molecular formula is C15H27N3O3S. The van der Waals surface area contributed by atoms with Crippen molar-refractivity contribution in [3.63, 3.8) is 0 Å². The lowest BCUT2D eigenvalue weighted by molar-refractivity contribution is -0.154. The summed E-state index contributed by atoms with van der Waals surface area (Å²) >= 11 is 1.51. The quantitative estimate of drug-likeness (QED) is 0.599. The van der Waals surface area contributed by atoms with Crippen LogP contribution < -0.4 is 10.6 Å². The molecule has 5 atom stereocenters. The Labute approximate surface area is 136 Å². The third-order valence-electron chi connectivity index (χ3n) is 4.73. The van der Waals surface area contributed by atoms with Gasteiger partial charge in [0.05, 0.1) is 6.04 Å². The molecule has 0 bridgehead atoms. The van der Waals surface area contributed by atoms with Gasteiger partial charge in [0.1, 0.15) is 23.7 Å². The Kier molecular flexibility index (Phi) is 5.62. The van der Waals surface area contributed by atoms with Gasteiger partial charge in [-0.1, -0.05) is 31.0 Å². The standard InChI is InChI=1S/C15H27N3O3S/c1-2-16-15-18-11-13(20)12(19)10(21-14(11)22-15)8-17-9-6-4-3-5-7-9/h9-14,17,19-20H,2-8H2,1H3,(H,16,18)/t10-,11-,12-,13-,14-/m1/s1. The number of ether oxygens (including phenoxy) is 1. The molecule has 3 rings (SSSR count). The summed E-state index contributed by atoms with van der Waals surface area (Å²) in [6.45, 7) is 3.26. The maximum absolute atomic E-state index is 10.4. The first-order chi connectivity index (χ1) is 10.7. The summed E-state index contributed by atoms with van der Waals surface area (Å²) in [6, 6.07) is 0.238. The highest BCUT2D eigenvalue weighted by molar-refractivity contribution is 8.14. The Morgan fingerprint density at radius 1 is 1.27 bits per heavy atom. The highest BCUT2D eigenvalue weighted by atomic mass is 32.2. The molecule has 3 fully saturated rings. The number of amidine groups is 1. The molecule has 22 heavy (non-hydrogen) atoms. The largest absolute Gasteiger partial charge is 0.388 e. The van der Waals surface area contributed by atoms with Crippen molar-refractivity contribution in [2.24, 2.45) is 4.99 Å². The van der Waals surface area contributed by atoms with E-state index in [4.69, 9.17) is 4.74 Å². The van der Waals surface area contributed by atoms with Gasteiger partial charge in [-0.3, -0.25) is 4.99 Å². The molecule has 126 valence electrons. The van der Waals surface area contributed by atoms with Crippen molar-refractivity contribution in [3.05, 3.63) is 0 Å². The number of rotatable bonds is 4. The summed E-state index contributed by atoms with van der Waals surface area (Å²) in [5.41, 5.74) is -0.179. The van der Waals surface area contributed by atoms with Crippen LogP contribution in [-0.4, -0.2) is 64.3 Å². The van der Waals surface area contributed by atoms with Crippen molar-refractivity contribution in [3.8, 4) is 0 Å². The Balaban J connectivity index is 1.56. The van der Waals surface area contributed by atoms with Gasteiger partial charge in [-0.2, -0.15) is 0 Å². The number of nitrogens with one attached hydrogen (secondary N) is 2. The van der Waals surface area contributed by atoms with Gasteiger partial charge in [-0.25, -0.2) is 0 Å². The van der Waals surface area contributed by atoms with Crippen molar-refractivity contribution in [2.45, 2.75) is 74.9 Å². The first-order valence-electron chi connectivity index (χ1n) is 8.41. The highest BCUT2D eigenvalue weighted by Gasteiger charge is 2.48. The first-order valence-corrected chi connectivity index (χ1v) is 9.29. The third-order valence-corrected chi connectivity index (χ3v) is 5.84. The number of aliphatic hydroxyl groups excluding tert-OH is 2. The summed E-state index contributed by atoms with van der Waals surface area (Å²) in [5, 5.41) is 28.1. The summed E-state index contributed by atoms with van der Waals surface area (Å²) in [6.07, 6.45) is 4.20. The SMILES string of the molecule is CCN=C1N[C@@H]2[C@@H](O)[C@H](O)[C@@H](CNC3CCCCC3)O[C@@H]2S1. The normalized spacial score (nSPS) is 41.4. The van der Waals surface area contributed by atoms with Gasteiger partial charge >= 0.3 is 0 Å². The molecule has 0 aromatic rings. The molecule has 0 unspecified atom stereocenters. The van der Waals surface area contributed by atoms with Crippen LogP contribution in [0, 0.1) is 0 Å². The summed E-state index contributed by atoms with van der Waals surface area (Å²) in [4.78, 5) is 4.33. The molecule has 7 heteroatoms. The maximum Gasteiger partial charge on any atom is 0.159 e. The van der Waals surface area contributed by atoms with Crippen LogP contribution in [0.3, 0.4) is 0 Å². The molecule has 2 heterocycles. The van der Waals surface area contributed by atoms with Crippen LogP contribution in [0.2, 0.25) is 0 Å². The van der Waals surface area contributed by atoms with Gasteiger partial charge < -0.3 is 25.6 Å². The summed E-state index contributed by atoms with van der Waals surface area (Å²) < 4.78 is 6.01. The second-order valence-electron chi connectivity index (χ2n) is 6.33. The molecule has 0 amide bonds. The molecule has 0 aromatic carbocycles. The number of hydrogen-bond acceptors (Lipinski definition) is 6. The van der Waals surface area contributed by atoms with Crippen LogP contribution in [0.1, 0.15) is 39.0 Å². The van der Waals surface area contributed by atoms with Gasteiger partial charge in [0.2, 0.25) is 0 Å². The summed E-state index contributed by atoms with van der Waals surface area (Å²) in [7, 11) is 0. The topological polar surface area (TPSA) is 86.1 Å². The number of thioether (sulfide) groups is 1. The van der Waals surface area contributed by atoms with Crippen LogP contribution in [0.5, 0.6) is 0 Å². The van der Waals surface area contributed by atoms with E-state index in [-0.39, 0.29) is 17.6 Å². The summed E-state index contributed by atoms with van der Waals surface area (Å²) in [5.74, 6) is 0. The molecule has 3 aliphatic rings. The van der Waals surface area contributed by atoms with E-state index in [2.05, 4.69) is 15.6 Å². The van der Waals surface area contributed by atoms with Gasteiger partial charge in [0.15, 0.2) is 5.17 Å². The van der Waals surface area contributed by atoms with E-state index in [1.54, 1.807) is 0 Å². The van der Waals surface area contributed by atoms with Crippen LogP contribution in [-0.2, 0) is 4.74 Å². The first kappa shape index (κ1) is 16.5. The third kappa shape index (κ3) is 3.59. The predicted molar refractivity (Wildman–Crippen MR) is 88.0 cm³/mol. The monoisotopic (exact) mass is 329 g/mol. The minimum Gasteiger partial charge on any atom is -0.388 e. The fraction of sp³-hybridized carbons (Fsp3) is 0.933. The van der Waals surface area contributed by atoms with E-state index < -0.39 is 12.2 Å². The van der Waals surface area contributed by atoms with Gasteiger partial charge in [-0.05, 0) is 19.8 Å². The number of aliphatic hydroxyl groups is 2. The van der Waals surface area contributed by atoms with Gasteiger partial charge in [0.25, 0.3) is 0 Å². The average molecular weight is 329 g/mol. The van der Waals surface area contributed by atoms with Crippen molar-refractivity contribution in [1.82, 2.24) is 10.6 Å². The Morgan fingerprint density at radius 3 is 2.77 bits per heavy atom. The number of aliphatic imine (C=N–C) groups is 1. The van der Waals surface area contributed by atoms with E-state index in [1.165, 1.54) is 43.9 Å². The van der Waals surface area contributed by atoms with E-state index in [0.29, 0.717) is 19.1 Å². The molecule has 1 saturated carbocycles. The zero-order chi connectivity index (χ0) is 15.5. The Hall–Kier alpha value is -0.340. The molecule has 2 aliphatic heterocycles. The predicted octanol–water partition coefficient (Wildman–Crippen LogP) is 0.436. The average Bonchev–Trinajstić information content (AvgIpc) is 2.94. The second-order valence-corrected chi connectivity index (χ2v) is 7.42. The molecule has 0 radical (unpaired) electrons. The van der Waals surface area contributed by atoms with Crippen molar-refractivity contribution in [1.29, 1.82) is 0 Å². The molecule has 0 spiro atoms. The van der Waals surface area contributed by atoms with Crippen molar-refractivity contribution >= 4 is 16.9 Å². The lowest BCUT2D eigenvalue weighted by Gasteiger charge is -2.39. The molecule has 0 aromatic heterocycles. The molecule has 6 nitrogen and oxygen atoms in total. The minimum atomic E-state index is -0.869. The van der Waals surface area contributed by atoms with Crippen LogP contribution >= 0.6 is 11.8 Å². The van der Waals surface area contributed by atoms with E-state index in [0.717, 1.165) is 5.17 Å². The Bertz CT molecular complexity index is 403. The van der Waals surface area contributed by atoms with Gasteiger partial charge in [-0.15, -0.1) is 0 Å². The maximum atomic E-state index is 10.4. The van der Waals surface area contributed by atoms with Crippen LogP contribution in [0.15, 0.2) is 4.99 Å². The smallest absolute Gasteiger partial charge is 0.159 e. The van der Waals surface area contributed by atoms with E-state index in [9.17, 15) is 10.2 Å². The molecular weight excluding hydrogens is 302 g/mol. The minimum absolute atomic E-state index is 0.179. The van der Waals surface area contributed by atoms with Crippen LogP contribution in [0.25, 0.3) is 0 Å². The molecule has 1 aliphatic carbocycles. The lowest BCUT2D eigenvalue weighted by atomic mass is 9.94. The van der Waals surface area contributed by atoms with E-state index in [1.807, 2.05) is 6.92 Å². The van der Waals surface area contributed by atoms with E-state index >= 15 is 0 Å². The molecule has 2 saturated heterocycles. The fourth-order valence-corrected chi connectivity index (χ4v) is 4.66. The lowest BCUT2D eigenvalue weighted by Crippen LogP contribution is -2.61. The number of hydrogen-bond donors (Lipinski definition) is 4. The number of nitrogens with zero attached hydrogens (tertiary/aromatic N) is 1. The number of fused-ring (bicyclic) bond motifs is 1. The Morgan fingerprint density at radius 2 is 2.05 bits per heavy atom. The molecule has 4 N–H and O–H groups in total.